The lowest BCUT2D eigenvalue weighted by molar-refractivity contribution is 0.409. The summed E-state index contributed by atoms with van der Waals surface area (Å²) in [6.45, 7) is 2.22. The summed E-state index contributed by atoms with van der Waals surface area (Å²) in [7, 11) is 0. The van der Waals surface area contributed by atoms with Crippen LogP contribution < -0.4 is 0 Å². The van der Waals surface area contributed by atoms with E-state index in [4.69, 9.17) is 0 Å². The zero-order chi connectivity index (χ0) is 21.4. The van der Waals surface area contributed by atoms with Gasteiger partial charge in [0, 0.05) is 5.41 Å². The molecule has 0 bridgehead atoms. The van der Waals surface area contributed by atoms with Crippen molar-refractivity contribution in [2.45, 2.75) is 57.3 Å². The molecule has 0 aliphatic rings. The van der Waals surface area contributed by atoms with Crippen LogP contribution in [0.2, 0.25) is 0 Å². The van der Waals surface area contributed by atoms with Crippen molar-refractivity contribution in [1.82, 2.24) is 0 Å². The Bertz CT molecular complexity index is 851. The third-order valence-electron chi connectivity index (χ3n) is 6.07. The highest BCUT2D eigenvalue weighted by atomic mass is 16.3. The first-order chi connectivity index (χ1) is 14.5. The molecule has 30 heavy (non-hydrogen) atoms. The molecule has 0 aromatic heterocycles. The summed E-state index contributed by atoms with van der Waals surface area (Å²) in [4.78, 5) is 0. The average molecular weight is 405 g/mol. The lowest BCUT2D eigenvalue weighted by Crippen LogP contribution is -2.29. The van der Waals surface area contributed by atoms with Crippen LogP contribution in [0.5, 0.6) is 17.2 Å². The van der Waals surface area contributed by atoms with Gasteiger partial charge >= 0.3 is 0 Å². The Morgan fingerprint density at radius 2 is 1.03 bits per heavy atom. The summed E-state index contributed by atoms with van der Waals surface area (Å²) in [5.74, 6) is 0.812. The number of hydrogen-bond donors (Lipinski definition) is 3. The Kier molecular flexibility index (Phi) is 7.40. The first-order valence-corrected chi connectivity index (χ1v) is 10.9. The maximum atomic E-state index is 9.85. The Balaban J connectivity index is 2.00. The molecule has 3 heteroatoms. The van der Waals surface area contributed by atoms with Gasteiger partial charge in [0.25, 0.3) is 0 Å². The van der Waals surface area contributed by atoms with Crippen LogP contribution in [0, 0.1) is 0 Å². The molecule has 0 atom stereocenters. The molecule has 0 aliphatic carbocycles. The molecule has 158 valence electrons. The van der Waals surface area contributed by atoms with E-state index in [1.807, 2.05) is 36.4 Å². The van der Waals surface area contributed by atoms with Crippen molar-refractivity contribution in [3.63, 3.8) is 0 Å². The van der Waals surface area contributed by atoms with E-state index in [-0.39, 0.29) is 22.7 Å². The molecule has 0 saturated carbocycles. The minimum absolute atomic E-state index is 0.215. The highest BCUT2D eigenvalue weighted by Crippen LogP contribution is 2.42. The van der Waals surface area contributed by atoms with Crippen molar-refractivity contribution in [3.8, 4) is 17.2 Å². The molecule has 3 aromatic carbocycles. The van der Waals surface area contributed by atoms with Crippen molar-refractivity contribution in [3.05, 3.63) is 89.5 Å². The highest BCUT2D eigenvalue weighted by molar-refractivity contribution is 5.43. The molecule has 3 aromatic rings. The number of unbranched alkanes of at least 4 members (excludes halogenated alkanes) is 3. The summed E-state index contributed by atoms with van der Waals surface area (Å²) in [5, 5.41) is 29.3. The summed E-state index contributed by atoms with van der Waals surface area (Å²) in [5.41, 5.74) is 3.33. The predicted molar refractivity (Wildman–Crippen MR) is 122 cm³/mol. The van der Waals surface area contributed by atoms with Crippen molar-refractivity contribution in [2.24, 2.45) is 0 Å². The maximum Gasteiger partial charge on any atom is 0.115 e. The lowest BCUT2D eigenvalue weighted by Gasteiger charge is -2.36. The smallest absolute Gasteiger partial charge is 0.115 e. The van der Waals surface area contributed by atoms with Crippen LogP contribution in [0.1, 0.15) is 62.1 Å². The molecule has 0 heterocycles. The van der Waals surface area contributed by atoms with E-state index in [9.17, 15) is 15.3 Å². The first-order valence-electron chi connectivity index (χ1n) is 10.9. The third-order valence-corrected chi connectivity index (χ3v) is 6.07. The molecule has 0 amide bonds. The van der Waals surface area contributed by atoms with Gasteiger partial charge in [-0.2, -0.15) is 0 Å². The van der Waals surface area contributed by atoms with E-state index in [0.29, 0.717) is 0 Å². The Morgan fingerprint density at radius 1 is 0.567 bits per heavy atom. The van der Waals surface area contributed by atoms with Crippen LogP contribution in [-0.2, 0) is 11.8 Å². The van der Waals surface area contributed by atoms with Crippen molar-refractivity contribution in [1.29, 1.82) is 0 Å². The van der Waals surface area contributed by atoms with Gasteiger partial charge in [-0.15, -0.1) is 0 Å². The fourth-order valence-electron chi connectivity index (χ4n) is 4.30. The maximum absolute atomic E-state index is 9.85. The summed E-state index contributed by atoms with van der Waals surface area (Å²) >= 11 is 0. The van der Waals surface area contributed by atoms with Gasteiger partial charge in [-0.25, -0.2) is 0 Å². The average Bonchev–Trinajstić information content (AvgIpc) is 2.76. The third kappa shape index (κ3) is 5.35. The van der Waals surface area contributed by atoms with E-state index < -0.39 is 0 Å². The fourth-order valence-corrected chi connectivity index (χ4v) is 4.30. The molecular formula is C27H32O3. The topological polar surface area (TPSA) is 60.7 Å². The van der Waals surface area contributed by atoms with Crippen LogP contribution in [-0.4, -0.2) is 15.3 Å². The normalized spacial score (nSPS) is 11.5. The Labute approximate surface area is 179 Å². The van der Waals surface area contributed by atoms with Crippen molar-refractivity contribution in [2.75, 3.05) is 0 Å². The predicted octanol–water partition coefficient (Wildman–Crippen LogP) is 6.69. The minimum Gasteiger partial charge on any atom is -0.508 e. The molecule has 0 aliphatic heterocycles. The largest absolute Gasteiger partial charge is 0.508 e. The number of rotatable bonds is 10. The van der Waals surface area contributed by atoms with Gasteiger partial charge in [0.05, 0.1) is 0 Å². The monoisotopic (exact) mass is 404 g/mol. The fraction of sp³-hybridized carbons (Fsp3) is 0.333. The molecular weight excluding hydrogens is 372 g/mol. The molecule has 0 radical (unpaired) electrons. The molecule has 3 nitrogen and oxygen atoms in total. The minimum atomic E-state index is -0.215. The quantitative estimate of drug-likeness (QED) is 0.330. The van der Waals surface area contributed by atoms with Crippen LogP contribution in [0.15, 0.2) is 72.8 Å². The number of hydrogen-bond acceptors (Lipinski definition) is 3. The number of phenolic OH excluding ortho intramolecular Hbond substituents is 3. The summed E-state index contributed by atoms with van der Waals surface area (Å²) < 4.78 is 0. The van der Waals surface area contributed by atoms with E-state index in [1.165, 1.54) is 36.0 Å². The SMILES string of the molecule is CCCCCCC(CCc1ccc(O)cc1)(c1ccc(O)cc1)c1ccc(O)cc1. The second-order valence-electron chi connectivity index (χ2n) is 8.15. The molecule has 0 spiro atoms. The van der Waals surface area contributed by atoms with Gasteiger partial charge in [0.2, 0.25) is 0 Å². The summed E-state index contributed by atoms with van der Waals surface area (Å²) in [6, 6.07) is 22.6. The molecule has 0 unspecified atom stereocenters. The van der Waals surface area contributed by atoms with Crippen LogP contribution in [0.4, 0.5) is 0 Å². The Hall–Kier alpha value is -2.94. The van der Waals surface area contributed by atoms with Crippen LogP contribution in [0.25, 0.3) is 0 Å². The molecule has 3 rings (SSSR count). The van der Waals surface area contributed by atoms with Crippen molar-refractivity contribution < 1.29 is 15.3 Å². The standard InChI is InChI=1S/C27H32O3/c1-2-3-4-5-19-27(22-8-14-25(29)15-9-22,23-10-16-26(30)17-11-23)20-18-21-6-12-24(28)13-7-21/h6-17,28-30H,2-5,18-20H2,1H3. The number of phenols is 3. The molecule has 3 N–H and O–H groups in total. The second kappa shape index (κ2) is 10.2. The van der Waals surface area contributed by atoms with Gasteiger partial charge in [-0.3, -0.25) is 0 Å². The zero-order valence-electron chi connectivity index (χ0n) is 17.7. The van der Waals surface area contributed by atoms with Gasteiger partial charge in [0.15, 0.2) is 0 Å². The van der Waals surface area contributed by atoms with Gasteiger partial charge in [-0.1, -0.05) is 69.0 Å². The van der Waals surface area contributed by atoms with E-state index in [2.05, 4.69) is 6.92 Å². The zero-order valence-corrected chi connectivity index (χ0v) is 17.7. The summed E-state index contributed by atoms with van der Waals surface area (Å²) in [6.07, 6.45) is 7.49. The number of aryl methyl sites for hydroxylation is 1. The van der Waals surface area contributed by atoms with E-state index in [0.717, 1.165) is 25.7 Å². The highest BCUT2D eigenvalue weighted by Gasteiger charge is 2.33. The van der Waals surface area contributed by atoms with Crippen LogP contribution >= 0.6 is 0 Å². The number of benzene rings is 3. The van der Waals surface area contributed by atoms with Gasteiger partial charge < -0.3 is 15.3 Å². The number of aromatic hydroxyl groups is 3. The van der Waals surface area contributed by atoms with Gasteiger partial charge in [0.1, 0.15) is 17.2 Å². The molecule has 0 fully saturated rings. The van der Waals surface area contributed by atoms with Crippen LogP contribution in [0.3, 0.4) is 0 Å². The molecule has 0 saturated heterocycles. The second-order valence-corrected chi connectivity index (χ2v) is 8.15. The lowest BCUT2D eigenvalue weighted by atomic mass is 9.67. The van der Waals surface area contributed by atoms with E-state index >= 15 is 0 Å². The van der Waals surface area contributed by atoms with E-state index in [1.54, 1.807) is 36.4 Å². The van der Waals surface area contributed by atoms with Crippen molar-refractivity contribution >= 4 is 0 Å². The first kappa shape index (κ1) is 21.8. The van der Waals surface area contributed by atoms with Gasteiger partial charge in [-0.05, 0) is 72.4 Å². The Morgan fingerprint density at radius 3 is 1.50 bits per heavy atom.